The highest BCUT2D eigenvalue weighted by molar-refractivity contribution is 6.30. The fourth-order valence-corrected chi connectivity index (χ4v) is 3.09. The average Bonchev–Trinajstić information content (AvgIpc) is 2.72. The number of hydrogen-bond donors (Lipinski definition) is 2. The molecule has 2 N–H and O–H groups in total. The largest absolute Gasteiger partial charge is 0.494 e. The summed E-state index contributed by atoms with van der Waals surface area (Å²) in [4.78, 5) is 24.6. The van der Waals surface area contributed by atoms with Gasteiger partial charge in [0.05, 0.1) is 12.5 Å². The zero-order valence-corrected chi connectivity index (χ0v) is 17.0. The van der Waals surface area contributed by atoms with Crippen LogP contribution in [0.5, 0.6) is 17.2 Å². The summed E-state index contributed by atoms with van der Waals surface area (Å²) >= 11 is 6.00. The number of rotatable bonds is 6. The number of carbonyl (C=O) groups excluding carboxylic acids is 2. The van der Waals surface area contributed by atoms with Crippen LogP contribution in [0, 0.1) is 5.92 Å². The van der Waals surface area contributed by atoms with Crippen LogP contribution >= 0.6 is 11.6 Å². The van der Waals surface area contributed by atoms with Crippen LogP contribution in [0.25, 0.3) is 0 Å². The van der Waals surface area contributed by atoms with Crippen LogP contribution in [-0.2, 0) is 16.0 Å². The fraction of sp³-hybridized carbons (Fsp3) is 0.333. The average molecular weight is 419 g/mol. The van der Waals surface area contributed by atoms with Gasteiger partial charge in [-0.2, -0.15) is 0 Å². The normalized spacial score (nSPS) is 16.0. The molecule has 0 radical (unpaired) electrons. The van der Waals surface area contributed by atoms with Crippen molar-refractivity contribution in [1.82, 2.24) is 10.9 Å². The Morgan fingerprint density at radius 2 is 1.90 bits per heavy atom. The van der Waals surface area contributed by atoms with Gasteiger partial charge >= 0.3 is 0 Å². The molecule has 1 aliphatic rings. The summed E-state index contributed by atoms with van der Waals surface area (Å²) in [6.45, 7) is 4.30. The van der Waals surface area contributed by atoms with Crippen molar-refractivity contribution in [2.45, 2.75) is 26.4 Å². The van der Waals surface area contributed by atoms with Crippen molar-refractivity contribution in [3.8, 4) is 17.2 Å². The Balaban J connectivity index is 1.47. The van der Waals surface area contributed by atoms with Gasteiger partial charge in [-0.3, -0.25) is 20.4 Å². The van der Waals surface area contributed by atoms with E-state index < -0.39 is 17.9 Å². The van der Waals surface area contributed by atoms with Crippen LogP contribution in [0.1, 0.15) is 19.4 Å². The minimum atomic E-state index is -0.796. The van der Waals surface area contributed by atoms with Crippen LogP contribution in [0.15, 0.2) is 42.5 Å². The van der Waals surface area contributed by atoms with Crippen LogP contribution in [-0.4, -0.2) is 31.1 Å². The van der Waals surface area contributed by atoms with Crippen molar-refractivity contribution >= 4 is 23.4 Å². The topological polar surface area (TPSA) is 85.9 Å². The fourth-order valence-electron chi connectivity index (χ4n) is 2.90. The van der Waals surface area contributed by atoms with Gasteiger partial charge in [0.1, 0.15) is 23.9 Å². The molecule has 0 spiro atoms. The molecule has 8 heteroatoms. The van der Waals surface area contributed by atoms with Crippen LogP contribution < -0.4 is 25.1 Å². The third-order valence-corrected chi connectivity index (χ3v) is 4.66. The summed E-state index contributed by atoms with van der Waals surface area (Å²) < 4.78 is 16.6. The highest BCUT2D eigenvalue weighted by atomic mass is 35.5. The Kier molecular flexibility index (Phi) is 6.82. The molecular formula is C21H23ClN2O5. The summed E-state index contributed by atoms with van der Waals surface area (Å²) in [6, 6.07) is 12.3. The first-order valence-corrected chi connectivity index (χ1v) is 9.74. The molecule has 0 saturated heterocycles. The number of carbonyl (C=O) groups is 2. The Hall–Kier alpha value is -2.93. The van der Waals surface area contributed by atoms with Gasteiger partial charge in [0.2, 0.25) is 5.91 Å². The number of ether oxygens (including phenoxy) is 3. The number of nitrogens with one attached hydrogen (secondary N) is 2. The SMILES string of the molecule is CCOc1ccc(O[C@@H](C)C(=O)NNC(=O)[C@H]2COc3ccc(Cl)cc3C2)cc1. The van der Waals surface area contributed by atoms with Crippen LogP contribution in [0.3, 0.4) is 0 Å². The van der Waals surface area contributed by atoms with Gasteiger partial charge in [-0.1, -0.05) is 11.6 Å². The van der Waals surface area contributed by atoms with E-state index in [4.69, 9.17) is 25.8 Å². The number of hydrogen-bond acceptors (Lipinski definition) is 5. The molecule has 1 heterocycles. The number of hydrazine groups is 1. The molecule has 0 aliphatic carbocycles. The van der Waals surface area contributed by atoms with Crippen molar-refractivity contribution in [3.05, 3.63) is 53.1 Å². The summed E-state index contributed by atoms with van der Waals surface area (Å²) in [5.41, 5.74) is 5.70. The number of benzene rings is 2. The lowest BCUT2D eigenvalue weighted by atomic mass is 9.96. The van der Waals surface area contributed by atoms with E-state index in [2.05, 4.69) is 10.9 Å². The first-order chi connectivity index (χ1) is 14.0. The van der Waals surface area contributed by atoms with E-state index in [9.17, 15) is 9.59 Å². The quantitative estimate of drug-likeness (QED) is 0.704. The molecule has 29 heavy (non-hydrogen) atoms. The molecule has 2 aromatic carbocycles. The molecule has 2 atom stereocenters. The highest BCUT2D eigenvalue weighted by Gasteiger charge is 2.27. The van der Waals surface area contributed by atoms with E-state index >= 15 is 0 Å². The lowest BCUT2D eigenvalue weighted by Gasteiger charge is -2.25. The Morgan fingerprint density at radius 1 is 1.17 bits per heavy atom. The summed E-state index contributed by atoms with van der Waals surface area (Å²) in [5.74, 6) is 0.742. The molecule has 0 fully saturated rings. The van der Waals surface area contributed by atoms with Crippen LogP contribution in [0.2, 0.25) is 5.02 Å². The minimum Gasteiger partial charge on any atom is -0.494 e. The number of fused-ring (bicyclic) bond motifs is 1. The van der Waals surface area contributed by atoms with E-state index in [1.807, 2.05) is 6.92 Å². The smallest absolute Gasteiger partial charge is 0.279 e. The van der Waals surface area contributed by atoms with Crippen molar-refractivity contribution in [3.63, 3.8) is 0 Å². The van der Waals surface area contributed by atoms with Gasteiger partial charge in [0.15, 0.2) is 6.10 Å². The molecule has 1 aliphatic heterocycles. The molecule has 154 valence electrons. The van der Waals surface area contributed by atoms with E-state index in [1.54, 1.807) is 49.4 Å². The third-order valence-electron chi connectivity index (χ3n) is 4.43. The molecule has 0 unspecified atom stereocenters. The zero-order chi connectivity index (χ0) is 20.8. The molecule has 0 saturated carbocycles. The Morgan fingerprint density at radius 3 is 2.62 bits per heavy atom. The van der Waals surface area contributed by atoms with Crippen molar-refractivity contribution < 1.29 is 23.8 Å². The summed E-state index contributed by atoms with van der Waals surface area (Å²) in [7, 11) is 0. The second kappa shape index (κ2) is 9.52. The van der Waals surface area contributed by atoms with Gasteiger partial charge < -0.3 is 14.2 Å². The van der Waals surface area contributed by atoms with E-state index in [0.29, 0.717) is 23.8 Å². The number of halogens is 1. The van der Waals surface area contributed by atoms with Gasteiger partial charge in [-0.05, 0) is 68.3 Å². The standard InChI is InChI=1S/C21H23ClN2O5/c1-3-27-17-5-7-18(8-6-17)29-13(2)20(25)23-24-21(26)15-10-14-11-16(22)4-9-19(14)28-12-15/h4-9,11,13,15H,3,10,12H2,1-2H3,(H,23,25)(H,24,26)/t13-,15+/m0/s1. The summed E-state index contributed by atoms with van der Waals surface area (Å²) in [5, 5.41) is 0.585. The van der Waals surface area contributed by atoms with Crippen molar-refractivity contribution in [2.24, 2.45) is 5.92 Å². The second-order valence-electron chi connectivity index (χ2n) is 6.61. The van der Waals surface area contributed by atoms with E-state index in [0.717, 1.165) is 17.1 Å². The van der Waals surface area contributed by atoms with Gasteiger partial charge in [-0.15, -0.1) is 0 Å². The highest BCUT2D eigenvalue weighted by Crippen LogP contribution is 2.29. The van der Waals surface area contributed by atoms with Crippen molar-refractivity contribution in [2.75, 3.05) is 13.2 Å². The predicted octanol–water partition coefficient (Wildman–Crippen LogP) is 2.90. The second-order valence-corrected chi connectivity index (χ2v) is 7.04. The lowest BCUT2D eigenvalue weighted by molar-refractivity contribution is -0.134. The lowest BCUT2D eigenvalue weighted by Crippen LogP contribution is -2.50. The van der Waals surface area contributed by atoms with E-state index in [1.165, 1.54) is 0 Å². The first kappa shape index (κ1) is 20.8. The minimum absolute atomic E-state index is 0.231. The Labute approximate surface area is 174 Å². The molecule has 2 aromatic rings. The van der Waals surface area contributed by atoms with Crippen molar-refractivity contribution in [1.29, 1.82) is 0 Å². The maximum absolute atomic E-state index is 12.4. The first-order valence-electron chi connectivity index (χ1n) is 9.36. The molecule has 3 rings (SSSR count). The van der Waals surface area contributed by atoms with Crippen LogP contribution in [0.4, 0.5) is 0 Å². The van der Waals surface area contributed by atoms with Gasteiger partial charge in [-0.25, -0.2) is 0 Å². The molecule has 2 amide bonds. The molecule has 7 nitrogen and oxygen atoms in total. The zero-order valence-electron chi connectivity index (χ0n) is 16.2. The van der Waals surface area contributed by atoms with Gasteiger partial charge in [0.25, 0.3) is 5.91 Å². The molecular weight excluding hydrogens is 396 g/mol. The third kappa shape index (κ3) is 5.54. The maximum Gasteiger partial charge on any atom is 0.279 e. The molecule has 0 bridgehead atoms. The maximum atomic E-state index is 12.4. The van der Waals surface area contributed by atoms with E-state index in [-0.39, 0.29) is 12.5 Å². The molecule has 0 aromatic heterocycles. The van der Waals surface area contributed by atoms with Gasteiger partial charge in [0, 0.05) is 5.02 Å². The predicted molar refractivity (Wildman–Crippen MR) is 108 cm³/mol. The summed E-state index contributed by atoms with van der Waals surface area (Å²) in [6.07, 6.45) is -0.314. The Bertz CT molecular complexity index is 872. The number of amides is 2. The monoisotopic (exact) mass is 418 g/mol.